The lowest BCUT2D eigenvalue weighted by atomic mass is 9.84. The van der Waals surface area contributed by atoms with E-state index in [4.69, 9.17) is 0 Å². The summed E-state index contributed by atoms with van der Waals surface area (Å²) in [5, 5.41) is 8.90. The Labute approximate surface area is 164 Å². The van der Waals surface area contributed by atoms with Crippen LogP contribution in [0.15, 0.2) is 22.7 Å². The summed E-state index contributed by atoms with van der Waals surface area (Å²) in [5.41, 5.74) is 1.74. The SMILES string of the molecule is Cc1ccc(Br)cc1NC(=O)CNC(=O)CC(C)C1CCNCC1.Cl. The Morgan fingerprint density at radius 2 is 1.96 bits per heavy atom. The Bertz CT molecular complexity index is 592. The molecule has 1 atom stereocenters. The molecule has 1 aliphatic rings. The van der Waals surface area contributed by atoms with Crippen LogP contribution in [0.2, 0.25) is 0 Å². The van der Waals surface area contributed by atoms with Gasteiger partial charge >= 0.3 is 0 Å². The molecule has 1 heterocycles. The topological polar surface area (TPSA) is 70.2 Å². The number of aryl methyl sites for hydroxylation is 1. The van der Waals surface area contributed by atoms with Crippen molar-refractivity contribution in [3.8, 4) is 0 Å². The summed E-state index contributed by atoms with van der Waals surface area (Å²) < 4.78 is 0.906. The lowest BCUT2D eigenvalue weighted by Gasteiger charge is -2.27. The fourth-order valence-electron chi connectivity index (χ4n) is 3.05. The lowest BCUT2D eigenvalue weighted by Crippen LogP contribution is -2.36. The van der Waals surface area contributed by atoms with Crippen molar-refractivity contribution in [3.05, 3.63) is 28.2 Å². The molecule has 3 N–H and O–H groups in total. The molecule has 0 spiro atoms. The van der Waals surface area contributed by atoms with Crippen molar-refractivity contribution in [3.63, 3.8) is 0 Å². The van der Waals surface area contributed by atoms with E-state index in [2.05, 4.69) is 38.8 Å². The Kier molecular flexibility index (Phi) is 9.46. The molecule has 1 saturated heterocycles. The van der Waals surface area contributed by atoms with Gasteiger partial charge in [-0.3, -0.25) is 9.59 Å². The van der Waals surface area contributed by atoms with E-state index in [0.717, 1.165) is 41.7 Å². The number of carbonyl (C=O) groups excluding carboxylic acids is 2. The molecule has 140 valence electrons. The maximum absolute atomic E-state index is 12.1. The zero-order valence-corrected chi connectivity index (χ0v) is 17.1. The normalized spacial score (nSPS) is 15.8. The number of rotatable bonds is 6. The molecule has 0 bridgehead atoms. The van der Waals surface area contributed by atoms with Crippen LogP contribution in [0, 0.1) is 18.8 Å². The Hall–Kier alpha value is -1.11. The molecule has 2 amide bonds. The third-order valence-electron chi connectivity index (χ3n) is 4.62. The molecule has 2 rings (SSSR count). The number of piperidine rings is 1. The third kappa shape index (κ3) is 7.34. The Morgan fingerprint density at radius 3 is 2.64 bits per heavy atom. The van der Waals surface area contributed by atoms with Gasteiger partial charge in [0.05, 0.1) is 6.54 Å². The van der Waals surface area contributed by atoms with Gasteiger partial charge in [-0.05, 0) is 62.4 Å². The van der Waals surface area contributed by atoms with Crippen LogP contribution < -0.4 is 16.0 Å². The number of benzene rings is 1. The Morgan fingerprint density at radius 1 is 1.28 bits per heavy atom. The number of nitrogens with one attached hydrogen (secondary N) is 3. The van der Waals surface area contributed by atoms with Crippen molar-refractivity contribution >= 4 is 45.8 Å². The molecule has 5 nitrogen and oxygen atoms in total. The van der Waals surface area contributed by atoms with Gasteiger partial charge in [0, 0.05) is 16.6 Å². The van der Waals surface area contributed by atoms with E-state index in [9.17, 15) is 9.59 Å². The van der Waals surface area contributed by atoms with Crippen molar-refractivity contribution in [1.82, 2.24) is 10.6 Å². The molecule has 1 aliphatic heterocycles. The molecular weight excluding hydrogens is 406 g/mol. The van der Waals surface area contributed by atoms with Crippen LogP contribution in [0.1, 0.15) is 31.7 Å². The molecule has 25 heavy (non-hydrogen) atoms. The average molecular weight is 433 g/mol. The number of hydrogen-bond acceptors (Lipinski definition) is 3. The summed E-state index contributed by atoms with van der Waals surface area (Å²) in [5.74, 6) is 0.679. The van der Waals surface area contributed by atoms with Crippen LogP contribution in [0.4, 0.5) is 5.69 Å². The first kappa shape index (κ1) is 21.9. The minimum atomic E-state index is -0.209. The second kappa shape index (κ2) is 10.8. The van der Waals surface area contributed by atoms with Crippen molar-refractivity contribution in [2.75, 3.05) is 25.0 Å². The number of amides is 2. The predicted molar refractivity (Wildman–Crippen MR) is 107 cm³/mol. The molecule has 7 heteroatoms. The fraction of sp³-hybridized carbons (Fsp3) is 0.556. The molecule has 0 aromatic heterocycles. The summed E-state index contributed by atoms with van der Waals surface area (Å²) >= 11 is 3.39. The monoisotopic (exact) mass is 431 g/mol. The highest BCUT2D eigenvalue weighted by Gasteiger charge is 2.22. The summed E-state index contributed by atoms with van der Waals surface area (Å²) in [6.07, 6.45) is 2.72. The molecule has 1 aromatic carbocycles. The van der Waals surface area contributed by atoms with Crippen molar-refractivity contribution in [2.45, 2.75) is 33.1 Å². The largest absolute Gasteiger partial charge is 0.347 e. The van der Waals surface area contributed by atoms with E-state index >= 15 is 0 Å². The minimum Gasteiger partial charge on any atom is -0.347 e. The first-order chi connectivity index (χ1) is 11.5. The van der Waals surface area contributed by atoms with E-state index in [1.807, 2.05) is 25.1 Å². The van der Waals surface area contributed by atoms with Gasteiger partial charge in [0.25, 0.3) is 0 Å². The van der Waals surface area contributed by atoms with Crippen molar-refractivity contribution in [2.24, 2.45) is 11.8 Å². The van der Waals surface area contributed by atoms with Crippen LogP contribution >= 0.6 is 28.3 Å². The van der Waals surface area contributed by atoms with E-state index in [1.165, 1.54) is 0 Å². The zero-order valence-electron chi connectivity index (χ0n) is 14.7. The first-order valence-electron chi connectivity index (χ1n) is 8.49. The molecule has 1 aromatic rings. The lowest BCUT2D eigenvalue weighted by molar-refractivity contribution is -0.125. The third-order valence-corrected chi connectivity index (χ3v) is 5.11. The van der Waals surface area contributed by atoms with Crippen molar-refractivity contribution < 1.29 is 9.59 Å². The minimum absolute atomic E-state index is 0. The summed E-state index contributed by atoms with van der Waals surface area (Å²) in [6.45, 7) is 6.13. The molecule has 0 radical (unpaired) electrons. The highest BCUT2D eigenvalue weighted by molar-refractivity contribution is 9.10. The summed E-state index contributed by atoms with van der Waals surface area (Å²) in [4.78, 5) is 24.1. The number of anilines is 1. The number of hydrogen-bond donors (Lipinski definition) is 3. The van der Waals surface area contributed by atoms with Crippen LogP contribution in [-0.2, 0) is 9.59 Å². The van der Waals surface area contributed by atoms with Crippen LogP contribution in [-0.4, -0.2) is 31.4 Å². The molecule has 0 saturated carbocycles. The molecular formula is C18H27BrClN3O2. The smallest absolute Gasteiger partial charge is 0.243 e. The summed E-state index contributed by atoms with van der Waals surface area (Å²) in [7, 11) is 0. The molecule has 0 aliphatic carbocycles. The first-order valence-corrected chi connectivity index (χ1v) is 9.28. The number of carbonyl (C=O) groups is 2. The van der Waals surface area contributed by atoms with E-state index < -0.39 is 0 Å². The standard InChI is InChI=1S/C18H26BrN3O2.ClH/c1-12-3-4-15(19)10-16(12)22-18(24)11-21-17(23)9-13(2)14-5-7-20-8-6-14;/h3-4,10,13-14,20H,5-9,11H2,1-2H3,(H,21,23)(H,22,24);1H. The highest BCUT2D eigenvalue weighted by atomic mass is 79.9. The second-order valence-electron chi connectivity index (χ2n) is 6.55. The molecule has 1 fully saturated rings. The van der Waals surface area contributed by atoms with Crippen LogP contribution in [0.25, 0.3) is 0 Å². The van der Waals surface area contributed by atoms with Gasteiger partial charge in [-0.15, -0.1) is 12.4 Å². The van der Waals surface area contributed by atoms with Crippen LogP contribution in [0.3, 0.4) is 0 Å². The van der Waals surface area contributed by atoms with Crippen LogP contribution in [0.5, 0.6) is 0 Å². The fourth-order valence-corrected chi connectivity index (χ4v) is 3.41. The van der Waals surface area contributed by atoms with Gasteiger partial charge in [-0.2, -0.15) is 0 Å². The van der Waals surface area contributed by atoms with Gasteiger partial charge in [0.15, 0.2) is 0 Å². The maximum atomic E-state index is 12.1. The van der Waals surface area contributed by atoms with Gasteiger partial charge in [0.1, 0.15) is 0 Å². The van der Waals surface area contributed by atoms with E-state index in [-0.39, 0.29) is 30.8 Å². The second-order valence-corrected chi connectivity index (χ2v) is 7.47. The van der Waals surface area contributed by atoms with Crippen molar-refractivity contribution in [1.29, 1.82) is 0 Å². The zero-order chi connectivity index (χ0) is 17.5. The van der Waals surface area contributed by atoms with Gasteiger partial charge in [-0.25, -0.2) is 0 Å². The average Bonchev–Trinajstić information content (AvgIpc) is 2.57. The predicted octanol–water partition coefficient (Wildman–Crippen LogP) is 3.26. The number of halogens is 2. The van der Waals surface area contributed by atoms with Gasteiger partial charge in [-0.1, -0.05) is 28.9 Å². The van der Waals surface area contributed by atoms with E-state index in [1.54, 1.807) is 0 Å². The quantitative estimate of drug-likeness (QED) is 0.646. The summed E-state index contributed by atoms with van der Waals surface area (Å²) in [6, 6.07) is 5.71. The van der Waals surface area contributed by atoms with Gasteiger partial charge in [0.2, 0.25) is 11.8 Å². The van der Waals surface area contributed by atoms with Gasteiger partial charge < -0.3 is 16.0 Å². The van der Waals surface area contributed by atoms with E-state index in [0.29, 0.717) is 18.3 Å². The Balaban J connectivity index is 0.00000312. The highest BCUT2D eigenvalue weighted by Crippen LogP contribution is 2.24. The maximum Gasteiger partial charge on any atom is 0.243 e. The molecule has 1 unspecified atom stereocenters.